The van der Waals surface area contributed by atoms with Crippen LogP contribution in [0.15, 0.2) is 35.1 Å². The molecule has 1 aromatic carbocycles. The van der Waals surface area contributed by atoms with Crippen molar-refractivity contribution in [3.05, 3.63) is 30.6 Å². The molecular formula is C18H20N6O3. The van der Waals surface area contributed by atoms with Crippen molar-refractivity contribution < 1.29 is 14.1 Å². The van der Waals surface area contributed by atoms with Gasteiger partial charge in [0.05, 0.1) is 12.1 Å². The van der Waals surface area contributed by atoms with E-state index in [9.17, 15) is 4.79 Å². The molecule has 0 radical (unpaired) electrons. The maximum atomic E-state index is 11.8. The Morgan fingerprint density at radius 3 is 2.56 bits per heavy atom. The van der Waals surface area contributed by atoms with Gasteiger partial charge in [-0.25, -0.2) is 14.5 Å². The topological polar surface area (TPSA) is 99.2 Å². The first kappa shape index (κ1) is 17.2. The van der Waals surface area contributed by atoms with Gasteiger partial charge in [-0.2, -0.15) is 4.98 Å². The SMILES string of the molecule is CC(C)(C)n1cnc(-c2nc(-c3ccc(N4CCCOC4=O)cc3)no2)n1. The number of cyclic esters (lactones) is 1. The van der Waals surface area contributed by atoms with Crippen LogP contribution in [0.5, 0.6) is 0 Å². The molecule has 0 saturated carbocycles. The Kier molecular flexibility index (Phi) is 4.14. The lowest BCUT2D eigenvalue weighted by molar-refractivity contribution is 0.140. The normalized spacial score (nSPS) is 15.1. The van der Waals surface area contributed by atoms with Crippen molar-refractivity contribution in [3.63, 3.8) is 0 Å². The smallest absolute Gasteiger partial charge is 0.414 e. The van der Waals surface area contributed by atoms with Gasteiger partial charge in [0.25, 0.3) is 5.89 Å². The Labute approximate surface area is 156 Å². The molecule has 1 amide bonds. The monoisotopic (exact) mass is 368 g/mol. The van der Waals surface area contributed by atoms with Crippen molar-refractivity contribution in [1.29, 1.82) is 0 Å². The highest BCUT2D eigenvalue weighted by Crippen LogP contribution is 2.25. The third-order valence-electron chi connectivity index (χ3n) is 4.21. The van der Waals surface area contributed by atoms with E-state index in [1.807, 2.05) is 45.0 Å². The summed E-state index contributed by atoms with van der Waals surface area (Å²) in [7, 11) is 0. The number of carbonyl (C=O) groups is 1. The Bertz CT molecular complexity index is 954. The highest BCUT2D eigenvalue weighted by atomic mass is 16.6. The number of hydrogen-bond donors (Lipinski definition) is 0. The van der Waals surface area contributed by atoms with Crippen LogP contribution in [-0.4, -0.2) is 44.1 Å². The molecule has 3 aromatic rings. The lowest BCUT2D eigenvalue weighted by Crippen LogP contribution is -2.37. The molecule has 0 aliphatic carbocycles. The summed E-state index contributed by atoms with van der Waals surface area (Å²) in [5, 5.41) is 8.40. The largest absolute Gasteiger partial charge is 0.449 e. The third-order valence-corrected chi connectivity index (χ3v) is 4.21. The molecular weight excluding hydrogens is 348 g/mol. The van der Waals surface area contributed by atoms with Gasteiger partial charge in [0.15, 0.2) is 0 Å². The molecule has 9 nitrogen and oxygen atoms in total. The van der Waals surface area contributed by atoms with E-state index in [1.54, 1.807) is 15.9 Å². The third kappa shape index (κ3) is 3.40. The summed E-state index contributed by atoms with van der Waals surface area (Å²) in [4.78, 5) is 22.1. The van der Waals surface area contributed by atoms with Crippen molar-refractivity contribution in [2.24, 2.45) is 0 Å². The van der Waals surface area contributed by atoms with Crippen LogP contribution in [0.4, 0.5) is 10.5 Å². The van der Waals surface area contributed by atoms with Crippen molar-refractivity contribution >= 4 is 11.8 Å². The molecule has 1 fully saturated rings. The number of hydrogen-bond acceptors (Lipinski definition) is 7. The maximum absolute atomic E-state index is 11.8. The molecule has 0 atom stereocenters. The highest BCUT2D eigenvalue weighted by Gasteiger charge is 2.22. The van der Waals surface area contributed by atoms with E-state index >= 15 is 0 Å². The van der Waals surface area contributed by atoms with Crippen molar-refractivity contribution in [3.8, 4) is 23.1 Å². The molecule has 1 aliphatic rings. The van der Waals surface area contributed by atoms with Gasteiger partial charge in [0, 0.05) is 17.8 Å². The number of rotatable bonds is 3. The van der Waals surface area contributed by atoms with E-state index < -0.39 is 0 Å². The zero-order valence-corrected chi connectivity index (χ0v) is 15.4. The quantitative estimate of drug-likeness (QED) is 0.700. The van der Waals surface area contributed by atoms with Gasteiger partial charge in [0.2, 0.25) is 11.6 Å². The Hall–Kier alpha value is -3.23. The zero-order valence-electron chi connectivity index (χ0n) is 15.4. The molecule has 4 rings (SSSR count). The second-order valence-electron chi connectivity index (χ2n) is 7.27. The number of anilines is 1. The van der Waals surface area contributed by atoms with Crippen molar-refractivity contribution in [1.82, 2.24) is 24.9 Å². The Morgan fingerprint density at radius 1 is 1.11 bits per heavy atom. The van der Waals surface area contributed by atoms with Crippen LogP contribution in [0, 0.1) is 0 Å². The van der Waals surface area contributed by atoms with Crippen LogP contribution < -0.4 is 4.90 Å². The second kappa shape index (κ2) is 6.49. The van der Waals surface area contributed by atoms with Crippen molar-refractivity contribution in [2.45, 2.75) is 32.7 Å². The lowest BCUT2D eigenvalue weighted by atomic mass is 10.1. The maximum Gasteiger partial charge on any atom is 0.414 e. The fraction of sp³-hybridized carbons (Fsp3) is 0.389. The standard InChI is InChI=1S/C18H20N6O3/c1-18(2,3)24-11-19-15(21-24)16-20-14(22-27-16)12-5-7-13(8-6-12)23-9-4-10-26-17(23)25/h5-8,11H,4,9-10H2,1-3H3. The Morgan fingerprint density at radius 2 is 1.89 bits per heavy atom. The van der Waals surface area contributed by atoms with E-state index in [0.717, 1.165) is 17.7 Å². The molecule has 1 aliphatic heterocycles. The predicted molar refractivity (Wildman–Crippen MR) is 97.1 cm³/mol. The van der Waals surface area contributed by atoms with Crippen LogP contribution >= 0.6 is 0 Å². The minimum atomic E-state index is -0.323. The van der Waals surface area contributed by atoms with Gasteiger partial charge in [-0.3, -0.25) is 4.90 Å². The van der Waals surface area contributed by atoms with Crippen LogP contribution in [-0.2, 0) is 10.3 Å². The predicted octanol–water partition coefficient (Wildman–Crippen LogP) is 3.10. The number of nitrogens with zero attached hydrogens (tertiary/aromatic N) is 6. The summed E-state index contributed by atoms with van der Waals surface area (Å²) in [5.41, 5.74) is 1.37. The first-order valence-electron chi connectivity index (χ1n) is 8.73. The summed E-state index contributed by atoms with van der Waals surface area (Å²) in [6.07, 6.45) is 2.14. The number of benzene rings is 1. The van der Waals surface area contributed by atoms with Crippen LogP contribution in [0.3, 0.4) is 0 Å². The summed E-state index contributed by atoms with van der Waals surface area (Å²) in [6.45, 7) is 7.21. The second-order valence-corrected chi connectivity index (χ2v) is 7.27. The Balaban J connectivity index is 1.55. The minimum absolute atomic E-state index is 0.181. The van der Waals surface area contributed by atoms with E-state index in [4.69, 9.17) is 9.26 Å². The van der Waals surface area contributed by atoms with Crippen LogP contribution in [0.25, 0.3) is 23.1 Å². The summed E-state index contributed by atoms with van der Waals surface area (Å²) in [5.74, 6) is 1.08. The van der Waals surface area contributed by atoms with Gasteiger partial charge < -0.3 is 9.26 Å². The highest BCUT2D eigenvalue weighted by molar-refractivity contribution is 5.88. The van der Waals surface area contributed by atoms with E-state index in [-0.39, 0.29) is 17.5 Å². The minimum Gasteiger partial charge on any atom is -0.449 e. The molecule has 2 aromatic heterocycles. The molecule has 27 heavy (non-hydrogen) atoms. The van der Waals surface area contributed by atoms with E-state index in [1.165, 1.54) is 0 Å². The number of aromatic nitrogens is 5. The summed E-state index contributed by atoms with van der Waals surface area (Å²) >= 11 is 0. The molecule has 1 saturated heterocycles. The van der Waals surface area contributed by atoms with Crippen molar-refractivity contribution in [2.75, 3.05) is 18.1 Å². The van der Waals surface area contributed by atoms with E-state index in [0.29, 0.717) is 24.8 Å². The van der Waals surface area contributed by atoms with E-state index in [2.05, 4.69) is 20.2 Å². The van der Waals surface area contributed by atoms with Gasteiger partial charge >= 0.3 is 6.09 Å². The van der Waals surface area contributed by atoms with Gasteiger partial charge in [-0.05, 0) is 51.5 Å². The number of ether oxygens (including phenoxy) is 1. The first-order valence-corrected chi connectivity index (χ1v) is 8.73. The molecule has 9 heteroatoms. The molecule has 0 bridgehead atoms. The van der Waals surface area contributed by atoms with Crippen LogP contribution in [0.2, 0.25) is 0 Å². The molecule has 0 N–H and O–H groups in total. The first-order chi connectivity index (χ1) is 12.9. The lowest BCUT2D eigenvalue weighted by Gasteiger charge is -2.26. The summed E-state index contributed by atoms with van der Waals surface area (Å²) in [6, 6.07) is 7.36. The van der Waals surface area contributed by atoms with Gasteiger partial charge in [0.1, 0.15) is 6.33 Å². The fourth-order valence-electron chi connectivity index (χ4n) is 2.69. The fourth-order valence-corrected chi connectivity index (χ4v) is 2.69. The summed E-state index contributed by atoms with van der Waals surface area (Å²) < 4.78 is 12.1. The number of amides is 1. The zero-order chi connectivity index (χ0) is 19.0. The molecule has 0 spiro atoms. The molecule has 3 heterocycles. The molecule has 0 unspecified atom stereocenters. The van der Waals surface area contributed by atoms with Gasteiger partial charge in [-0.15, -0.1) is 5.10 Å². The average molecular weight is 368 g/mol. The van der Waals surface area contributed by atoms with Crippen LogP contribution in [0.1, 0.15) is 27.2 Å². The average Bonchev–Trinajstić information content (AvgIpc) is 3.31. The van der Waals surface area contributed by atoms with Gasteiger partial charge in [-0.1, -0.05) is 5.16 Å². The molecule has 140 valence electrons. The number of carbonyl (C=O) groups excluding carboxylic acids is 1.